The molecule has 0 saturated heterocycles. The minimum atomic E-state index is -3.58. The first kappa shape index (κ1) is 19.6. The fourth-order valence-electron chi connectivity index (χ4n) is 3.36. The van der Waals surface area contributed by atoms with Crippen molar-refractivity contribution in [2.45, 2.75) is 50.5 Å². The number of amides is 1. The largest absolute Gasteiger partial charge is 0.366 e. The van der Waals surface area contributed by atoms with E-state index in [1.54, 1.807) is 24.3 Å². The van der Waals surface area contributed by atoms with Crippen LogP contribution in [-0.2, 0) is 28.4 Å². The lowest BCUT2D eigenvalue weighted by molar-refractivity contribution is 0.1000. The van der Waals surface area contributed by atoms with Gasteiger partial charge in [-0.15, -0.1) is 0 Å². The molecule has 1 aliphatic rings. The smallest absolute Gasteiger partial charge is 0.248 e. The quantitative estimate of drug-likeness (QED) is 0.879. The molecule has 1 heterocycles. The zero-order valence-electron chi connectivity index (χ0n) is 16.0. The summed E-state index contributed by atoms with van der Waals surface area (Å²) in [5, 5.41) is 0. The highest BCUT2D eigenvalue weighted by atomic mass is 32.2. The maximum Gasteiger partial charge on any atom is 0.248 e. The summed E-state index contributed by atoms with van der Waals surface area (Å²) in [5.41, 5.74) is 8.81. The van der Waals surface area contributed by atoms with Gasteiger partial charge in [-0.1, -0.05) is 39.0 Å². The molecule has 0 fully saturated rings. The number of aryl methyl sites for hydroxylation is 1. The lowest BCUT2D eigenvalue weighted by atomic mass is 9.87. The summed E-state index contributed by atoms with van der Waals surface area (Å²) in [6.45, 7) is 7.05. The number of rotatable bonds is 3. The summed E-state index contributed by atoms with van der Waals surface area (Å²) in [5.74, 6) is -0.467. The minimum Gasteiger partial charge on any atom is -0.366 e. The molecule has 0 aliphatic carbocycles. The molecule has 0 aromatic heterocycles. The van der Waals surface area contributed by atoms with Crippen molar-refractivity contribution in [3.63, 3.8) is 0 Å². The van der Waals surface area contributed by atoms with Crippen molar-refractivity contribution < 1.29 is 13.2 Å². The van der Waals surface area contributed by atoms with E-state index < -0.39 is 15.9 Å². The fourth-order valence-corrected chi connectivity index (χ4v) is 4.82. The van der Waals surface area contributed by atoms with Crippen LogP contribution in [0.3, 0.4) is 0 Å². The van der Waals surface area contributed by atoms with Crippen molar-refractivity contribution in [1.29, 1.82) is 0 Å². The molecule has 2 N–H and O–H groups in total. The van der Waals surface area contributed by atoms with Crippen LogP contribution < -0.4 is 5.73 Å². The first-order valence-electron chi connectivity index (χ1n) is 9.11. The summed E-state index contributed by atoms with van der Waals surface area (Å²) in [7, 11) is -3.58. The molecule has 6 heteroatoms. The van der Waals surface area contributed by atoms with Crippen LogP contribution in [0.1, 0.15) is 54.2 Å². The van der Waals surface area contributed by atoms with Gasteiger partial charge in [-0.2, -0.15) is 4.31 Å². The highest BCUT2D eigenvalue weighted by molar-refractivity contribution is 7.89. The molecule has 0 saturated carbocycles. The summed E-state index contributed by atoms with van der Waals surface area (Å²) < 4.78 is 27.8. The van der Waals surface area contributed by atoms with E-state index in [4.69, 9.17) is 5.73 Å². The number of hydrogen-bond donors (Lipinski definition) is 1. The second kappa shape index (κ2) is 7.09. The number of fused-ring (bicyclic) bond motifs is 1. The van der Waals surface area contributed by atoms with E-state index in [0.29, 0.717) is 30.0 Å². The molecule has 0 radical (unpaired) electrons. The van der Waals surface area contributed by atoms with Crippen LogP contribution in [0.4, 0.5) is 0 Å². The summed E-state index contributed by atoms with van der Waals surface area (Å²) in [6, 6.07) is 12.4. The molecule has 0 spiro atoms. The third-order valence-corrected chi connectivity index (χ3v) is 6.91. The highest BCUT2D eigenvalue weighted by Crippen LogP contribution is 2.27. The number of sulfonamides is 1. The molecular formula is C21H26N2O3S. The summed E-state index contributed by atoms with van der Waals surface area (Å²) in [4.78, 5) is 11.7. The van der Waals surface area contributed by atoms with Crippen molar-refractivity contribution in [2.24, 2.45) is 5.73 Å². The van der Waals surface area contributed by atoms with Crippen molar-refractivity contribution in [2.75, 3.05) is 6.54 Å². The Morgan fingerprint density at radius 1 is 1.04 bits per heavy atom. The van der Waals surface area contributed by atoms with E-state index >= 15 is 0 Å². The van der Waals surface area contributed by atoms with Gasteiger partial charge in [-0.05, 0) is 59.2 Å². The van der Waals surface area contributed by atoms with Crippen LogP contribution in [-0.4, -0.2) is 25.2 Å². The van der Waals surface area contributed by atoms with E-state index in [-0.39, 0.29) is 5.41 Å². The molecule has 144 valence electrons. The van der Waals surface area contributed by atoms with Gasteiger partial charge in [0.05, 0.1) is 4.90 Å². The van der Waals surface area contributed by atoms with E-state index in [1.165, 1.54) is 4.31 Å². The third kappa shape index (κ3) is 4.06. The first-order valence-corrected chi connectivity index (χ1v) is 10.6. The zero-order valence-corrected chi connectivity index (χ0v) is 16.8. The van der Waals surface area contributed by atoms with Gasteiger partial charge in [0, 0.05) is 18.7 Å². The molecule has 1 amide bonds. The summed E-state index contributed by atoms with van der Waals surface area (Å²) in [6.07, 6.45) is 1.43. The summed E-state index contributed by atoms with van der Waals surface area (Å²) >= 11 is 0. The van der Waals surface area contributed by atoms with Crippen LogP contribution in [0.25, 0.3) is 0 Å². The number of primary amides is 1. The molecule has 2 aromatic rings. The van der Waals surface area contributed by atoms with E-state index in [0.717, 1.165) is 23.1 Å². The van der Waals surface area contributed by atoms with Crippen LogP contribution in [0.15, 0.2) is 47.4 Å². The standard InChI is InChI=1S/C21H26N2O3S/c1-21(2,3)18-8-10-19(11-9-18)27(25,26)23-12-4-5-15-13-16(20(22)24)6-7-17(15)14-23/h6-11,13H,4-5,12,14H2,1-3H3,(H2,22,24). The molecule has 2 aromatic carbocycles. The zero-order chi connectivity index (χ0) is 19.8. The maximum absolute atomic E-state index is 13.1. The highest BCUT2D eigenvalue weighted by Gasteiger charge is 2.27. The number of carbonyl (C=O) groups excluding carboxylic acids is 1. The average molecular weight is 387 g/mol. The van der Waals surface area contributed by atoms with Crippen molar-refractivity contribution in [3.05, 3.63) is 64.7 Å². The van der Waals surface area contributed by atoms with Gasteiger partial charge < -0.3 is 5.73 Å². The Hall–Kier alpha value is -2.18. The Labute approximate surface area is 161 Å². The second-order valence-electron chi connectivity index (χ2n) is 8.06. The molecule has 3 rings (SSSR count). The lowest BCUT2D eigenvalue weighted by Crippen LogP contribution is -2.31. The normalized spacial score (nSPS) is 15.8. The molecular weight excluding hydrogens is 360 g/mol. The molecule has 0 atom stereocenters. The van der Waals surface area contributed by atoms with Gasteiger partial charge in [0.2, 0.25) is 15.9 Å². The van der Waals surface area contributed by atoms with Crippen molar-refractivity contribution in [3.8, 4) is 0 Å². The van der Waals surface area contributed by atoms with Gasteiger partial charge in [0.1, 0.15) is 0 Å². The van der Waals surface area contributed by atoms with Crippen LogP contribution >= 0.6 is 0 Å². The Morgan fingerprint density at radius 3 is 2.30 bits per heavy atom. The van der Waals surface area contributed by atoms with Gasteiger partial charge in [0.25, 0.3) is 0 Å². The van der Waals surface area contributed by atoms with Crippen LogP contribution in [0.2, 0.25) is 0 Å². The van der Waals surface area contributed by atoms with E-state index in [2.05, 4.69) is 20.8 Å². The Bertz CT molecular complexity index is 958. The SMILES string of the molecule is CC(C)(C)c1ccc(S(=O)(=O)N2CCCc3cc(C(N)=O)ccc3C2)cc1. The lowest BCUT2D eigenvalue weighted by Gasteiger charge is -2.22. The van der Waals surface area contributed by atoms with Crippen LogP contribution in [0.5, 0.6) is 0 Å². The van der Waals surface area contributed by atoms with Gasteiger partial charge >= 0.3 is 0 Å². The van der Waals surface area contributed by atoms with E-state index in [9.17, 15) is 13.2 Å². The Morgan fingerprint density at radius 2 is 1.70 bits per heavy atom. The molecule has 0 bridgehead atoms. The molecule has 0 unspecified atom stereocenters. The second-order valence-corrected chi connectivity index (χ2v) is 10.0. The van der Waals surface area contributed by atoms with Crippen LogP contribution in [0, 0.1) is 0 Å². The van der Waals surface area contributed by atoms with Crippen molar-refractivity contribution in [1.82, 2.24) is 4.31 Å². The molecule has 27 heavy (non-hydrogen) atoms. The van der Waals surface area contributed by atoms with E-state index in [1.807, 2.05) is 18.2 Å². The molecule has 5 nitrogen and oxygen atoms in total. The number of carbonyl (C=O) groups is 1. The van der Waals surface area contributed by atoms with Crippen molar-refractivity contribution >= 4 is 15.9 Å². The predicted octanol–water partition coefficient (Wildman–Crippen LogP) is 3.22. The third-order valence-electron chi connectivity index (χ3n) is 5.05. The Balaban J connectivity index is 1.90. The molecule has 1 aliphatic heterocycles. The fraction of sp³-hybridized carbons (Fsp3) is 0.381. The number of hydrogen-bond acceptors (Lipinski definition) is 3. The average Bonchev–Trinajstić information content (AvgIpc) is 2.83. The van der Waals surface area contributed by atoms with Gasteiger partial charge in [0.15, 0.2) is 0 Å². The topological polar surface area (TPSA) is 80.5 Å². The monoisotopic (exact) mass is 386 g/mol. The minimum absolute atomic E-state index is 0.0258. The number of nitrogens with two attached hydrogens (primary N) is 1. The van der Waals surface area contributed by atoms with Gasteiger partial charge in [-0.25, -0.2) is 8.42 Å². The number of nitrogens with zero attached hydrogens (tertiary/aromatic N) is 1. The first-order chi connectivity index (χ1) is 12.6. The predicted molar refractivity (Wildman–Crippen MR) is 106 cm³/mol. The number of benzene rings is 2. The maximum atomic E-state index is 13.1. The van der Waals surface area contributed by atoms with Gasteiger partial charge in [-0.3, -0.25) is 4.79 Å². The Kier molecular flexibility index (Phi) is 5.14.